The van der Waals surface area contributed by atoms with E-state index in [0.29, 0.717) is 16.9 Å². The van der Waals surface area contributed by atoms with Crippen molar-refractivity contribution in [2.24, 2.45) is 0 Å². The average molecular weight is 364 g/mol. The van der Waals surface area contributed by atoms with E-state index in [4.69, 9.17) is 11.6 Å². The van der Waals surface area contributed by atoms with Gasteiger partial charge in [0.25, 0.3) is 10.0 Å². The molecule has 1 N–H and O–H groups in total. The standard InChI is InChI=1S/C15H14ClN5O2S/c1-10-6-7-15(12(16)8-10)24(22,23)18-13-4-3-5-14(11(13)2)21-9-17-19-20-21/h3-9,18H,1-2H3. The van der Waals surface area contributed by atoms with Gasteiger partial charge >= 0.3 is 0 Å². The molecule has 0 saturated carbocycles. The third kappa shape index (κ3) is 3.10. The predicted octanol–water partition coefficient (Wildman–Crippen LogP) is 2.73. The van der Waals surface area contributed by atoms with Gasteiger partial charge in [0.2, 0.25) is 0 Å². The van der Waals surface area contributed by atoms with Crippen LogP contribution in [0.25, 0.3) is 5.69 Å². The lowest BCUT2D eigenvalue weighted by atomic mass is 10.1. The summed E-state index contributed by atoms with van der Waals surface area (Å²) < 4.78 is 29.3. The van der Waals surface area contributed by atoms with E-state index in [1.54, 1.807) is 37.3 Å². The van der Waals surface area contributed by atoms with Crippen LogP contribution in [0, 0.1) is 13.8 Å². The first-order valence-electron chi connectivity index (χ1n) is 7.00. The van der Waals surface area contributed by atoms with Crippen LogP contribution >= 0.6 is 11.6 Å². The minimum absolute atomic E-state index is 0.0296. The lowest BCUT2D eigenvalue weighted by Crippen LogP contribution is -2.15. The van der Waals surface area contributed by atoms with Crippen molar-refractivity contribution >= 4 is 27.3 Å². The third-order valence-electron chi connectivity index (χ3n) is 3.52. The molecular weight excluding hydrogens is 350 g/mol. The van der Waals surface area contributed by atoms with Gasteiger partial charge in [-0.2, -0.15) is 0 Å². The van der Waals surface area contributed by atoms with E-state index in [-0.39, 0.29) is 9.92 Å². The summed E-state index contributed by atoms with van der Waals surface area (Å²) in [7, 11) is -3.81. The molecule has 0 fully saturated rings. The Morgan fingerprint density at radius 2 is 1.96 bits per heavy atom. The molecule has 3 aromatic rings. The van der Waals surface area contributed by atoms with Gasteiger partial charge < -0.3 is 0 Å². The Balaban J connectivity index is 2.00. The summed E-state index contributed by atoms with van der Waals surface area (Å²) in [4.78, 5) is 0.0296. The van der Waals surface area contributed by atoms with E-state index in [1.165, 1.54) is 17.1 Å². The molecule has 0 aliphatic carbocycles. The number of aromatic nitrogens is 4. The van der Waals surface area contributed by atoms with Crippen LogP contribution < -0.4 is 4.72 Å². The number of rotatable bonds is 4. The van der Waals surface area contributed by atoms with E-state index in [9.17, 15) is 8.42 Å². The molecule has 0 radical (unpaired) electrons. The lowest BCUT2D eigenvalue weighted by Gasteiger charge is -2.14. The van der Waals surface area contributed by atoms with Crippen molar-refractivity contribution in [1.29, 1.82) is 0 Å². The maximum absolute atomic E-state index is 12.6. The fourth-order valence-electron chi connectivity index (χ4n) is 2.28. The number of tetrazole rings is 1. The molecule has 24 heavy (non-hydrogen) atoms. The van der Waals surface area contributed by atoms with Gasteiger partial charge in [-0.15, -0.1) is 5.10 Å². The van der Waals surface area contributed by atoms with Crippen LogP contribution in [0.2, 0.25) is 5.02 Å². The minimum Gasteiger partial charge on any atom is -0.279 e. The molecule has 0 atom stereocenters. The van der Waals surface area contributed by atoms with Gasteiger partial charge in [0, 0.05) is 0 Å². The normalized spacial score (nSPS) is 11.5. The highest BCUT2D eigenvalue weighted by molar-refractivity contribution is 7.92. The van der Waals surface area contributed by atoms with Crippen molar-refractivity contribution in [3.63, 3.8) is 0 Å². The largest absolute Gasteiger partial charge is 0.279 e. The Bertz CT molecular complexity index is 987. The number of benzene rings is 2. The number of sulfonamides is 1. The van der Waals surface area contributed by atoms with Crippen LogP contribution in [-0.2, 0) is 10.0 Å². The van der Waals surface area contributed by atoms with Crippen LogP contribution in [0.15, 0.2) is 47.6 Å². The fourth-order valence-corrected chi connectivity index (χ4v) is 4.00. The second-order valence-electron chi connectivity index (χ2n) is 5.24. The molecule has 0 bridgehead atoms. The van der Waals surface area contributed by atoms with Crippen molar-refractivity contribution in [3.8, 4) is 5.69 Å². The van der Waals surface area contributed by atoms with Crippen LogP contribution in [-0.4, -0.2) is 28.6 Å². The summed E-state index contributed by atoms with van der Waals surface area (Å²) in [6.07, 6.45) is 1.44. The van der Waals surface area contributed by atoms with Gasteiger partial charge in [0.05, 0.1) is 16.4 Å². The Hall–Kier alpha value is -2.45. The summed E-state index contributed by atoms with van der Waals surface area (Å²) in [5, 5.41) is 11.2. The fraction of sp³-hybridized carbons (Fsp3) is 0.133. The third-order valence-corrected chi connectivity index (χ3v) is 5.37. The molecule has 9 heteroatoms. The average Bonchev–Trinajstić information content (AvgIpc) is 3.03. The first-order chi connectivity index (χ1) is 11.4. The van der Waals surface area contributed by atoms with Crippen molar-refractivity contribution in [1.82, 2.24) is 20.2 Å². The Morgan fingerprint density at radius 3 is 2.62 bits per heavy atom. The molecule has 0 amide bonds. The van der Waals surface area contributed by atoms with Crippen LogP contribution in [0.3, 0.4) is 0 Å². The Morgan fingerprint density at radius 1 is 1.17 bits per heavy atom. The summed E-state index contributed by atoms with van der Waals surface area (Å²) in [6, 6.07) is 9.98. The summed E-state index contributed by atoms with van der Waals surface area (Å²) in [5.41, 5.74) is 2.68. The molecule has 2 aromatic carbocycles. The minimum atomic E-state index is -3.81. The lowest BCUT2D eigenvalue weighted by molar-refractivity contribution is 0.601. The number of anilines is 1. The van der Waals surface area contributed by atoms with E-state index < -0.39 is 10.0 Å². The number of hydrogen-bond acceptors (Lipinski definition) is 5. The molecular formula is C15H14ClN5O2S. The van der Waals surface area contributed by atoms with Gasteiger partial charge in [0.15, 0.2) is 0 Å². The SMILES string of the molecule is Cc1ccc(S(=O)(=O)Nc2cccc(-n3cnnn3)c2C)c(Cl)c1. The molecule has 0 unspecified atom stereocenters. The Kier molecular flexibility index (Phi) is 4.25. The van der Waals surface area contributed by atoms with Crippen LogP contribution in [0.5, 0.6) is 0 Å². The molecule has 0 saturated heterocycles. The first kappa shape index (κ1) is 16.4. The zero-order valence-corrected chi connectivity index (χ0v) is 14.5. The second kappa shape index (κ2) is 6.21. The molecule has 1 heterocycles. The van der Waals surface area contributed by atoms with Crippen molar-refractivity contribution in [2.75, 3.05) is 4.72 Å². The highest BCUT2D eigenvalue weighted by Crippen LogP contribution is 2.27. The Labute approximate surface area is 144 Å². The van der Waals surface area contributed by atoms with Gasteiger partial charge in [0.1, 0.15) is 11.2 Å². The predicted molar refractivity (Wildman–Crippen MR) is 90.9 cm³/mol. The molecule has 0 aliphatic rings. The number of hydrogen-bond donors (Lipinski definition) is 1. The van der Waals surface area contributed by atoms with Crippen molar-refractivity contribution < 1.29 is 8.42 Å². The molecule has 0 spiro atoms. The summed E-state index contributed by atoms with van der Waals surface area (Å²) in [6.45, 7) is 3.63. The maximum atomic E-state index is 12.6. The number of nitrogens with one attached hydrogen (secondary N) is 1. The maximum Gasteiger partial charge on any atom is 0.263 e. The van der Waals surface area contributed by atoms with Gasteiger partial charge in [-0.25, -0.2) is 13.1 Å². The number of nitrogens with zero attached hydrogens (tertiary/aromatic N) is 4. The van der Waals surface area contributed by atoms with E-state index in [0.717, 1.165) is 5.56 Å². The monoisotopic (exact) mass is 363 g/mol. The van der Waals surface area contributed by atoms with Crippen molar-refractivity contribution in [2.45, 2.75) is 18.7 Å². The summed E-state index contributed by atoms with van der Waals surface area (Å²) >= 11 is 6.08. The quantitative estimate of drug-likeness (QED) is 0.769. The summed E-state index contributed by atoms with van der Waals surface area (Å²) in [5.74, 6) is 0. The van der Waals surface area contributed by atoms with Crippen LogP contribution in [0.1, 0.15) is 11.1 Å². The topological polar surface area (TPSA) is 89.8 Å². The molecule has 7 nitrogen and oxygen atoms in total. The highest BCUT2D eigenvalue weighted by Gasteiger charge is 2.19. The van der Waals surface area contributed by atoms with Gasteiger partial charge in [-0.1, -0.05) is 23.7 Å². The van der Waals surface area contributed by atoms with Crippen molar-refractivity contribution in [3.05, 3.63) is 58.9 Å². The molecule has 124 valence electrons. The molecule has 3 rings (SSSR count). The zero-order valence-electron chi connectivity index (χ0n) is 12.9. The smallest absolute Gasteiger partial charge is 0.263 e. The first-order valence-corrected chi connectivity index (χ1v) is 8.86. The van der Waals surface area contributed by atoms with Crippen LogP contribution in [0.4, 0.5) is 5.69 Å². The molecule has 0 aliphatic heterocycles. The highest BCUT2D eigenvalue weighted by atomic mass is 35.5. The van der Waals surface area contributed by atoms with Gasteiger partial charge in [-0.3, -0.25) is 4.72 Å². The van der Waals surface area contributed by atoms with E-state index in [2.05, 4.69) is 20.2 Å². The zero-order chi connectivity index (χ0) is 17.3. The molecule has 1 aromatic heterocycles. The van der Waals surface area contributed by atoms with E-state index >= 15 is 0 Å². The van der Waals surface area contributed by atoms with E-state index in [1.807, 2.05) is 6.92 Å². The second-order valence-corrected chi connectivity index (χ2v) is 7.30. The number of halogens is 1. The number of aryl methyl sites for hydroxylation is 1. The van der Waals surface area contributed by atoms with Gasteiger partial charge in [-0.05, 0) is 59.7 Å².